The number of nitrogens with one attached hydrogen (secondary N) is 1. The summed E-state index contributed by atoms with van der Waals surface area (Å²) in [5, 5.41) is 3.00. The lowest BCUT2D eigenvalue weighted by atomic mass is 10.00. The molecule has 0 heterocycles. The molecule has 0 aliphatic rings. The number of hydrogen-bond donors (Lipinski definition) is 1. The molecule has 2 heteroatoms. The van der Waals surface area contributed by atoms with Crippen molar-refractivity contribution in [1.82, 2.24) is 5.32 Å². The average Bonchev–Trinajstić information content (AvgIpc) is 2.58. The predicted molar refractivity (Wildman–Crippen MR) is 91.3 cm³/mol. The normalized spacial score (nSPS) is 9.82. The largest absolute Gasteiger partial charge is 0.352 e. The molecule has 0 unspecified atom stereocenters. The quantitative estimate of drug-likeness (QED) is 0.591. The zero-order valence-corrected chi connectivity index (χ0v) is 12.7. The summed E-state index contributed by atoms with van der Waals surface area (Å²) in [7, 11) is 0. The molecule has 2 nitrogen and oxygen atoms in total. The van der Waals surface area contributed by atoms with Crippen LogP contribution in [0.3, 0.4) is 0 Å². The minimum atomic E-state index is 0.0836. The van der Waals surface area contributed by atoms with Crippen LogP contribution in [0.15, 0.2) is 73.0 Å². The molecule has 0 aromatic heterocycles. The highest BCUT2D eigenvalue weighted by molar-refractivity contribution is 5.76. The topological polar surface area (TPSA) is 29.1 Å². The molecule has 0 saturated carbocycles. The molecule has 2 aromatic carbocycles. The Kier molecular flexibility index (Phi) is 6.22. The molecule has 0 fully saturated rings. The summed E-state index contributed by atoms with van der Waals surface area (Å²) in [4.78, 5) is 11.9. The second-order valence-electron chi connectivity index (χ2n) is 5.10. The standard InChI is InChI=1S/C20H21NO/c1-2-3-4-8-15-20(22)21-16-18-13-9-10-14-19(18)17-11-6-5-7-12-17/h3,5-7,9-14H,1,4,8,15-16H2,(H,21,22). The van der Waals surface area contributed by atoms with E-state index in [2.05, 4.69) is 41.9 Å². The highest BCUT2D eigenvalue weighted by atomic mass is 16.1. The molecule has 0 spiro atoms. The van der Waals surface area contributed by atoms with E-state index in [4.69, 9.17) is 0 Å². The van der Waals surface area contributed by atoms with E-state index in [1.54, 1.807) is 0 Å². The summed E-state index contributed by atoms with van der Waals surface area (Å²) >= 11 is 0. The smallest absolute Gasteiger partial charge is 0.220 e. The van der Waals surface area contributed by atoms with Crippen molar-refractivity contribution in [3.8, 4) is 11.1 Å². The second kappa shape index (κ2) is 8.66. The monoisotopic (exact) mass is 291 g/mol. The van der Waals surface area contributed by atoms with E-state index in [1.165, 1.54) is 5.56 Å². The maximum absolute atomic E-state index is 11.9. The van der Waals surface area contributed by atoms with Gasteiger partial charge in [0.15, 0.2) is 0 Å². The van der Waals surface area contributed by atoms with Gasteiger partial charge in [-0.3, -0.25) is 4.79 Å². The maximum Gasteiger partial charge on any atom is 0.220 e. The molecular formula is C20H21NO. The maximum atomic E-state index is 11.9. The summed E-state index contributed by atoms with van der Waals surface area (Å²) in [6.45, 7) is 4.07. The SMILES string of the molecule is C=C=CCCCC(=O)NCc1ccccc1-c1ccccc1. The van der Waals surface area contributed by atoms with Gasteiger partial charge in [0.25, 0.3) is 0 Å². The van der Waals surface area contributed by atoms with Crippen LogP contribution in [-0.4, -0.2) is 5.91 Å². The fraction of sp³-hybridized carbons (Fsp3) is 0.200. The summed E-state index contributed by atoms with van der Waals surface area (Å²) < 4.78 is 0. The zero-order chi connectivity index (χ0) is 15.6. The minimum Gasteiger partial charge on any atom is -0.352 e. The Labute approximate surface area is 132 Å². The third kappa shape index (κ3) is 4.76. The molecule has 1 N–H and O–H groups in total. The van der Waals surface area contributed by atoms with E-state index in [0.29, 0.717) is 13.0 Å². The Hall–Kier alpha value is -2.57. The lowest BCUT2D eigenvalue weighted by Gasteiger charge is -2.11. The molecule has 0 radical (unpaired) electrons. The van der Waals surface area contributed by atoms with E-state index < -0.39 is 0 Å². The number of hydrogen-bond acceptors (Lipinski definition) is 1. The van der Waals surface area contributed by atoms with Crippen LogP contribution in [0.2, 0.25) is 0 Å². The molecule has 2 aromatic rings. The fourth-order valence-electron chi connectivity index (χ4n) is 2.32. The number of rotatable bonds is 7. The molecule has 0 bridgehead atoms. The van der Waals surface area contributed by atoms with Crippen molar-refractivity contribution in [2.75, 3.05) is 0 Å². The summed E-state index contributed by atoms with van der Waals surface area (Å²) in [6, 6.07) is 18.4. The number of amides is 1. The highest BCUT2D eigenvalue weighted by Gasteiger charge is 2.06. The van der Waals surface area contributed by atoms with Crippen LogP contribution in [0.1, 0.15) is 24.8 Å². The van der Waals surface area contributed by atoms with Gasteiger partial charge in [-0.05, 0) is 35.6 Å². The minimum absolute atomic E-state index is 0.0836. The van der Waals surface area contributed by atoms with Crippen LogP contribution in [0.4, 0.5) is 0 Å². The van der Waals surface area contributed by atoms with Crippen molar-refractivity contribution in [3.05, 3.63) is 78.5 Å². The Bertz CT molecular complexity index is 654. The third-order valence-corrected chi connectivity index (χ3v) is 3.47. The summed E-state index contributed by atoms with van der Waals surface area (Å²) in [5.41, 5.74) is 6.19. The van der Waals surface area contributed by atoms with Gasteiger partial charge in [-0.2, -0.15) is 0 Å². The average molecular weight is 291 g/mol. The molecule has 0 aliphatic carbocycles. The molecule has 112 valence electrons. The van der Waals surface area contributed by atoms with Gasteiger partial charge in [-0.15, -0.1) is 5.73 Å². The number of carbonyl (C=O) groups excluding carboxylic acids is 1. The van der Waals surface area contributed by atoms with Crippen molar-refractivity contribution < 1.29 is 4.79 Å². The van der Waals surface area contributed by atoms with Crippen LogP contribution < -0.4 is 5.32 Å². The van der Waals surface area contributed by atoms with Crippen LogP contribution in [0.5, 0.6) is 0 Å². The first-order chi connectivity index (χ1) is 10.8. The van der Waals surface area contributed by atoms with Gasteiger partial charge in [0.1, 0.15) is 0 Å². The number of unbranched alkanes of at least 4 members (excludes halogenated alkanes) is 1. The summed E-state index contributed by atoms with van der Waals surface area (Å²) in [5.74, 6) is 0.0836. The molecule has 0 atom stereocenters. The number of allylic oxidation sites excluding steroid dienone is 1. The Morgan fingerprint density at radius 3 is 2.59 bits per heavy atom. The summed E-state index contributed by atoms with van der Waals surface area (Å²) in [6.07, 6.45) is 4.07. The number of benzene rings is 2. The third-order valence-electron chi connectivity index (χ3n) is 3.47. The van der Waals surface area contributed by atoms with E-state index in [-0.39, 0.29) is 5.91 Å². The van der Waals surface area contributed by atoms with Gasteiger partial charge >= 0.3 is 0 Å². The van der Waals surface area contributed by atoms with E-state index in [0.717, 1.165) is 24.0 Å². The zero-order valence-electron chi connectivity index (χ0n) is 12.7. The van der Waals surface area contributed by atoms with Crippen molar-refractivity contribution in [2.24, 2.45) is 0 Å². The van der Waals surface area contributed by atoms with Crippen LogP contribution in [0, 0.1) is 0 Å². The van der Waals surface area contributed by atoms with Crippen LogP contribution >= 0.6 is 0 Å². The van der Waals surface area contributed by atoms with E-state index in [9.17, 15) is 4.79 Å². The second-order valence-corrected chi connectivity index (χ2v) is 5.10. The first-order valence-corrected chi connectivity index (χ1v) is 7.55. The van der Waals surface area contributed by atoms with Crippen molar-refractivity contribution in [1.29, 1.82) is 0 Å². The lowest BCUT2D eigenvalue weighted by Crippen LogP contribution is -2.22. The molecule has 0 saturated heterocycles. The van der Waals surface area contributed by atoms with Gasteiger partial charge in [0.05, 0.1) is 0 Å². The molecule has 22 heavy (non-hydrogen) atoms. The van der Waals surface area contributed by atoms with E-state index in [1.807, 2.05) is 36.4 Å². The predicted octanol–water partition coefficient (Wildman–Crippen LogP) is 4.48. The first-order valence-electron chi connectivity index (χ1n) is 7.55. The Morgan fingerprint density at radius 1 is 1.09 bits per heavy atom. The first kappa shape index (κ1) is 15.8. The van der Waals surface area contributed by atoms with Gasteiger partial charge in [0, 0.05) is 13.0 Å². The fourth-order valence-corrected chi connectivity index (χ4v) is 2.32. The highest BCUT2D eigenvalue weighted by Crippen LogP contribution is 2.23. The van der Waals surface area contributed by atoms with Gasteiger partial charge < -0.3 is 5.32 Å². The number of carbonyl (C=O) groups is 1. The van der Waals surface area contributed by atoms with Crippen LogP contribution in [0.25, 0.3) is 11.1 Å². The Morgan fingerprint density at radius 2 is 1.82 bits per heavy atom. The van der Waals surface area contributed by atoms with Crippen LogP contribution in [-0.2, 0) is 11.3 Å². The molecule has 1 amide bonds. The molecular weight excluding hydrogens is 270 g/mol. The molecule has 0 aliphatic heterocycles. The van der Waals surface area contributed by atoms with Gasteiger partial charge in [-0.1, -0.05) is 61.2 Å². The van der Waals surface area contributed by atoms with Gasteiger partial charge in [-0.25, -0.2) is 0 Å². The van der Waals surface area contributed by atoms with Crippen molar-refractivity contribution in [3.63, 3.8) is 0 Å². The lowest BCUT2D eigenvalue weighted by molar-refractivity contribution is -0.121. The van der Waals surface area contributed by atoms with Crippen molar-refractivity contribution in [2.45, 2.75) is 25.8 Å². The Balaban J connectivity index is 1.96. The van der Waals surface area contributed by atoms with E-state index >= 15 is 0 Å². The van der Waals surface area contributed by atoms with Crippen molar-refractivity contribution >= 4 is 5.91 Å². The van der Waals surface area contributed by atoms with Gasteiger partial charge in [0.2, 0.25) is 5.91 Å². The molecule has 2 rings (SSSR count).